The lowest BCUT2D eigenvalue weighted by Gasteiger charge is -2.26. The summed E-state index contributed by atoms with van der Waals surface area (Å²) >= 11 is 7.85. The number of rotatable bonds is 5. The van der Waals surface area contributed by atoms with Crippen molar-refractivity contribution in [3.8, 4) is 0 Å². The second kappa shape index (κ2) is 7.92. The van der Waals surface area contributed by atoms with E-state index in [4.69, 9.17) is 16.7 Å². The Morgan fingerprint density at radius 3 is 3.14 bits per heavy atom. The number of thioether (sulfide) groups is 1. The Balaban J connectivity index is 1.92. The number of halogens is 1. The Hall–Kier alpha value is -0.910. The number of urea groups is 1. The van der Waals surface area contributed by atoms with Gasteiger partial charge in [0.15, 0.2) is 0 Å². The lowest BCUT2D eigenvalue weighted by atomic mass is 10.0. The van der Waals surface area contributed by atoms with Gasteiger partial charge in [0.25, 0.3) is 0 Å². The maximum Gasteiger partial charge on any atom is 0.315 e. The minimum Gasteiger partial charge on any atom is -0.396 e. The first-order chi connectivity index (χ1) is 10.1. The van der Waals surface area contributed by atoms with E-state index in [-0.39, 0.29) is 24.6 Å². The average molecular weight is 329 g/mol. The zero-order valence-electron chi connectivity index (χ0n) is 12.1. The molecule has 0 saturated heterocycles. The predicted molar refractivity (Wildman–Crippen MR) is 86.9 cm³/mol. The van der Waals surface area contributed by atoms with E-state index in [0.717, 1.165) is 17.7 Å². The topological polar surface area (TPSA) is 61.4 Å². The van der Waals surface area contributed by atoms with Crippen LogP contribution in [0.2, 0.25) is 5.02 Å². The van der Waals surface area contributed by atoms with Gasteiger partial charge in [-0.2, -0.15) is 0 Å². The van der Waals surface area contributed by atoms with Gasteiger partial charge < -0.3 is 15.7 Å². The number of nitrogens with one attached hydrogen (secondary N) is 2. The molecule has 0 bridgehead atoms. The van der Waals surface area contributed by atoms with Crippen molar-refractivity contribution < 1.29 is 9.90 Å². The molecule has 0 spiro atoms. The van der Waals surface area contributed by atoms with Crippen LogP contribution >= 0.6 is 23.4 Å². The SMILES string of the molecule is CC(CCO)CNC(=O)NC1CCSc2ccc(Cl)cc21. The molecule has 2 amide bonds. The Bertz CT molecular complexity index is 499. The number of hydrogen-bond donors (Lipinski definition) is 3. The van der Waals surface area contributed by atoms with E-state index in [2.05, 4.69) is 10.6 Å². The minimum absolute atomic E-state index is 0.00750. The van der Waals surface area contributed by atoms with Crippen molar-refractivity contribution in [1.82, 2.24) is 10.6 Å². The van der Waals surface area contributed by atoms with Crippen molar-refractivity contribution in [3.05, 3.63) is 28.8 Å². The molecule has 1 aliphatic heterocycles. The van der Waals surface area contributed by atoms with Gasteiger partial charge >= 0.3 is 6.03 Å². The molecule has 0 radical (unpaired) electrons. The summed E-state index contributed by atoms with van der Waals surface area (Å²) in [4.78, 5) is 13.2. The van der Waals surface area contributed by atoms with Crippen LogP contribution < -0.4 is 10.6 Å². The molecule has 2 rings (SSSR count). The molecule has 1 aliphatic rings. The molecule has 21 heavy (non-hydrogen) atoms. The number of hydrogen-bond acceptors (Lipinski definition) is 3. The summed E-state index contributed by atoms with van der Waals surface area (Å²) in [5, 5.41) is 15.4. The van der Waals surface area contributed by atoms with Gasteiger partial charge in [-0.25, -0.2) is 4.79 Å². The third-order valence-electron chi connectivity index (χ3n) is 3.55. The molecule has 0 aliphatic carbocycles. The Labute approximate surface area is 134 Å². The fourth-order valence-electron chi connectivity index (χ4n) is 2.31. The standard InChI is InChI=1S/C15H21ClN2O2S/c1-10(4-6-19)9-17-15(20)18-13-5-7-21-14-3-2-11(16)8-12(13)14/h2-3,8,10,13,19H,4-7,9H2,1H3,(H2,17,18,20). The summed E-state index contributed by atoms with van der Waals surface area (Å²) in [6.45, 7) is 2.72. The van der Waals surface area contributed by atoms with Crippen molar-refractivity contribution in [1.29, 1.82) is 0 Å². The highest BCUT2D eigenvalue weighted by atomic mass is 35.5. The van der Waals surface area contributed by atoms with Crippen molar-refractivity contribution in [2.24, 2.45) is 5.92 Å². The van der Waals surface area contributed by atoms with Crippen LogP contribution in [-0.4, -0.2) is 30.0 Å². The lowest BCUT2D eigenvalue weighted by Crippen LogP contribution is -2.40. The van der Waals surface area contributed by atoms with Crippen LogP contribution in [0.5, 0.6) is 0 Å². The fourth-order valence-corrected chi connectivity index (χ4v) is 3.60. The summed E-state index contributed by atoms with van der Waals surface area (Å²) in [5.74, 6) is 1.25. The number of carbonyl (C=O) groups is 1. The average Bonchev–Trinajstić information content (AvgIpc) is 2.46. The van der Waals surface area contributed by atoms with Gasteiger partial charge in [0.05, 0.1) is 6.04 Å². The summed E-state index contributed by atoms with van der Waals surface area (Å²) < 4.78 is 0. The van der Waals surface area contributed by atoms with Crippen molar-refractivity contribution in [2.75, 3.05) is 18.9 Å². The van der Waals surface area contributed by atoms with Crippen LogP contribution in [0.4, 0.5) is 4.79 Å². The summed E-state index contributed by atoms with van der Waals surface area (Å²) in [6.07, 6.45) is 1.59. The van der Waals surface area contributed by atoms with Crippen LogP contribution in [0.25, 0.3) is 0 Å². The number of carbonyl (C=O) groups excluding carboxylic acids is 1. The molecule has 116 valence electrons. The summed E-state index contributed by atoms with van der Waals surface area (Å²) in [6, 6.07) is 5.67. The van der Waals surface area contributed by atoms with E-state index in [9.17, 15) is 4.79 Å². The van der Waals surface area contributed by atoms with Gasteiger partial charge in [-0.1, -0.05) is 18.5 Å². The second-order valence-corrected chi connectivity index (χ2v) is 6.92. The summed E-state index contributed by atoms with van der Waals surface area (Å²) in [7, 11) is 0. The molecule has 0 saturated carbocycles. The predicted octanol–water partition coefficient (Wildman–Crippen LogP) is 3.19. The van der Waals surface area contributed by atoms with Crippen LogP contribution in [0.1, 0.15) is 31.4 Å². The van der Waals surface area contributed by atoms with Crippen LogP contribution in [0, 0.1) is 5.92 Å². The highest BCUT2D eigenvalue weighted by molar-refractivity contribution is 7.99. The van der Waals surface area contributed by atoms with Gasteiger partial charge in [0.2, 0.25) is 0 Å². The molecule has 1 aromatic rings. The molecule has 3 N–H and O–H groups in total. The fraction of sp³-hybridized carbons (Fsp3) is 0.533. The van der Waals surface area contributed by atoms with E-state index in [1.165, 1.54) is 4.90 Å². The molecule has 2 unspecified atom stereocenters. The Morgan fingerprint density at radius 1 is 1.57 bits per heavy atom. The van der Waals surface area contributed by atoms with Gasteiger partial charge in [-0.3, -0.25) is 0 Å². The van der Waals surface area contributed by atoms with Crippen molar-refractivity contribution in [2.45, 2.75) is 30.7 Å². The molecule has 2 atom stereocenters. The summed E-state index contributed by atoms with van der Waals surface area (Å²) in [5.41, 5.74) is 1.09. The number of aliphatic hydroxyl groups is 1. The number of amides is 2. The van der Waals surface area contributed by atoms with Gasteiger partial charge in [-0.05, 0) is 42.5 Å². The first-order valence-electron chi connectivity index (χ1n) is 7.17. The number of aliphatic hydroxyl groups excluding tert-OH is 1. The maximum atomic E-state index is 12.0. The Morgan fingerprint density at radius 2 is 2.38 bits per heavy atom. The largest absolute Gasteiger partial charge is 0.396 e. The first kappa shape index (κ1) is 16.5. The van der Waals surface area contributed by atoms with Crippen molar-refractivity contribution >= 4 is 29.4 Å². The normalized spacial score (nSPS) is 18.7. The van der Waals surface area contributed by atoms with Gasteiger partial charge in [-0.15, -0.1) is 11.8 Å². The second-order valence-electron chi connectivity index (χ2n) is 5.34. The quantitative estimate of drug-likeness (QED) is 0.778. The zero-order valence-corrected chi connectivity index (χ0v) is 13.6. The number of fused-ring (bicyclic) bond motifs is 1. The van der Waals surface area contributed by atoms with E-state index >= 15 is 0 Å². The van der Waals surface area contributed by atoms with E-state index in [0.29, 0.717) is 18.0 Å². The number of benzene rings is 1. The van der Waals surface area contributed by atoms with Crippen molar-refractivity contribution in [3.63, 3.8) is 0 Å². The molecular formula is C15H21ClN2O2S. The monoisotopic (exact) mass is 328 g/mol. The highest BCUT2D eigenvalue weighted by Gasteiger charge is 2.22. The minimum atomic E-state index is -0.164. The van der Waals surface area contributed by atoms with Gasteiger partial charge in [0.1, 0.15) is 0 Å². The molecule has 1 heterocycles. The lowest BCUT2D eigenvalue weighted by molar-refractivity contribution is 0.230. The molecule has 4 nitrogen and oxygen atoms in total. The van der Waals surface area contributed by atoms with E-state index in [1.54, 1.807) is 11.8 Å². The molecule has 6 heteroatoms. The molecule has 0 aromatic heterocycles. The maximum absolute atomic E-state index is 12.0. The van der Waals surface area contributed by atoms with E-state index < -0.39 is 0 Å². The third-order valence-corrected chi connectivity index (χ3v) is 4.91. The molecule has 1 aromatic carbocycles. The van der Waals surface area contributed by atoms with E-state index in [1.807, 2.05) is 25.1 Å². The van der Waals surface area contributed by atoms with Gasteiger partial charge in [0, 0.05) is 28.8 Å². The molecule has 0 fully saturated rings. The molecular weight excluding hydrogens is 308 g/mol. The van der Waals surface area contributed by atoms with Crippen LogP contribution in [0.3, 0.4) is 0 Å². The highest BCUT2D eigenvalue weighted by Crippen LogP contribution is 2.37. The third kappa shape index (κ3) is 4.80. The smallest absolute Gasteiger partial charge is 0.315 e. The Kier molecular flexibility index (Phi) is 6.21. The first-order valence-corrected chi connectivity index (χ1v) is 8.54. The van der Waals surface area contributed by atoms with Crippen LogP contribution in [-0.2, 0) is 0 Å². The zero-order chi connectivity index (χ0) is 15.2. The van der Waals surface area contributed by atoms with Crippen LogP contribution in [0.15, 0.2) is 23.1 Å².